The number of fused-ring (bicyclic) bond motifs is 9. The third-order valence-electron chi connectivity index (χ3n) is 11.3. The number of rotatable bonds is 5. The highest BCUT2D eigenvalue weighted by Gasteiger charge is 2.27. The molecule has 0 spiro atoms. The molecule has 0 saturated heterocycles. The van der Waals surface area contributed by atoms with Crippen LogP contribution in [0.3, 0.4) is 0 Å². The summed E-state index contributed by atoms with van der Waals surface area (Å²) in [5.41, 5.74) is 10.0. The Hall–Kier alpha value is -7.28. The summed E-state index contributed by atoms with van der Waals surface area (Å²) in [5.74, 6) is 1.46. The van der Waals surface area contributed by atoms with Crippen molar-refractivity contribution >= 4 is 86.9 Å². The maximum atomic E-state index is 7.26. The number of para-hydroxylation sites is 2. The lowest BCUT2D eigenvalue weighted by Crippen LogP contribution is -2.33. The minimum atomic E-state index is -0.429. The van der Waals surface area contributed by atoms with Gasteiger partial charge in [0.05, 0.1) is 16.7 Å². The number of thiophene rings is 1. The molecule has 0 amide bonds. The fourth-order valence-corrected chi connectivity index (χ4v) is 9.81. The van der Waals surface area contributed by atoms with E-state index in [4.69, 9.17) is 14.4 Å². The van der Waals surface area contributed by atoms with Crippen LogP contribution in [0.25, 0.3) is 80.7 Å². The summed E-state index contributed by atoms with van der Waals surface area (Å²) in [4.78, 5) is 10.3. The standard InChI is InChI=1S/C51H32N4OS/c1-4-15-31(16-5-1)46-38(51-53-49(32-17-6-2-7-18-32)52-50(54-51)33-19-8-3-9-20-33)28-27-37-36-23-14-25-42(47(36)56-48(37)46)55-41-24-12-10-21-34(41)39-29-40-35-22-11-13-26-44(35)57-45(40)30-43(39)55/h1-30,51H,(H,52,53,54). The van der Waals surface area contributed by atoms with Crippen molar-refractivity contribution in [3.63, 3.8) is 0 Å². The minimum Gasteiger partial charge on any atom is -0.453 e. The molecule has 1 aliphatic rings. The van der Waals surface area contributed by atoms with Crippen molar-refractivity contribution in [2.45, 2.75) is 6.17 Å². The molecule has 0 aliphatic carbocycles. The molecule has 0 fully saturated rings. The quantitative estimate of drug-likeness (QED) is 0.191. The predicted molar refractivity (Wildman–Crippen MR) is 238 cm³/mol. The number of amidine groups is 2. The number of aromatic nitrogens is 1. The zero-order chi connectivity index (χ0) is 37.5. The Morgan fingerprint density at radius 1 is 0.491 bits per heavy atom. The molecule has 268 valence electrons. The first-order valence-electron chi connectivity index (χ1n) is 19.2. The number of furan rings is 1. The first-order valence-corrected chi connectivity index (χ1v) is 20.0. The van der Waals surface area contributed by atoms with Crippen molar-refractivity contribution in [1.29, 1.82) is 0 Å². The summed E-state index contributed by atoms with van der Waals surface area (Å²) in [7, 11) is 0. The van der Waals surface area contributed by atoms with Gasteiger partial charge >= 0.3 is 0 Å². The Bertz CT molecular complexity index is 3430. The van der Waals surface area contributed by atoms with Gasteiger partial charge in [-0.3, -0.25) is 0 Å². The van der Waals surface area contributed by atoms with Gasteiger partial charge in [0.15, 0.2) is 11.4 Å². The first kappa shape index (κ1) is 32.0. The van der Waals surface area contributed by atoms with Gasteiger partial charge in [0.25, 0.3) is 0 Å². The van der Waals surface area contributed by atoms with E-state index in [1.807, 2.05) is 47.7 Å². The van der Waals surface area contributed by atoms with Crippen molar-refractivity contribution in [3.8, 4) is 16.8 Å². The lowest BCUT2D eigenvalue weighted by atomic mass is 9.94. The fraction of sp³-hybridized carbons (Fsp3) is 0.0196. The highest BCUT2D eigenvalue weighted by molar-refractivity contribution is 7.25. The molecular formula is C51H32N4OS. The van der Waals surface area contributed by atoms with E-state index in [1.54, 1.807) is 0 Å². The van der Waals surface area contributed by atoms with Crippen molar-refractivity contribution < 1.29 is 4.42 Å². The van der Waals surface area contributed by atoms with E-state index < -0.39 is 6.17 Å². The molecule has 1 unspecified atom stereocenters. The molecule has 1 N–H and O–H groups in total. The first-order chi connectivity index (χ1) is 28.3. The number of nitrogens with one attached hydrogen (secondary N) is 1. The van der Waals surface area contributed by atoms with Crippen LogP contribution in [0.5, 0.6) is 0 Å². The molecule has 1 atom stereocenters. The maximum absolute atomic E-state index is 7.26. The molecule has 8 aromatic carbocycles. The maximum Gasteiger partial charge on any atom is 0.159 e. The van der Waals surface area contributed by atoms with Gasteiger partial charge in [-0.05, 0) is 35.9 Å². The SMILES string of the molecule is c1ccc(C2=NC(c3ccc4c(oc5c(-n6c7ccccc7c7cc8c(cc76)sc6ccccc68)cccc54)c3-c3ccccc3)NC(c3ccccc3)=N2)cc1. The number of benzene rings is 8. The van der Waals surface area contributed by atoms with Crippen LogP contribution in [0.4, 0.5) is 0 Å². The van der Waals surface area contributed by atoms with Gasteiger partial charge < -0.3 is 14.3 Å². The summed E-state index contributed by atoms with van der Waals surface area (Å²) in [6.45, 7) is 0. The van der Waals surface area contributed by atoms with Gasteiger partial charge in [0.2, 0.25) is 0 Å². The number of nitrogens with zero attached hydrogens (tertiary/aromatic N) is 3. The lowest BCUT2D eigenvalue weighted by molar-refractivity contribution is 0.656. The smallest absolute Gasteiger partial charge is 0.159 e. The van der Waals surface area contributed by atoms with Crippen LogP contribution < -0.4 is 5.32 Å². The number of hydrogen-bond acceptors (Lipinski definition) is 5. The van der Waals surface area contributed by atoms with E-state index in [2.05, 4.69) is 155 Å². The Morgan fingerprint density at radius 3 is 1.96 bits per heavy atom. The Balaban J connectivity index is 1.11. The van der Waals surface area contributed by atoms with Crippen molar-refractivity contribution in [2.24, 2.45) is 9.98 Å². The largest absolute Gasteiger partial charge is 0.453 e. The van der Waals surface area contributed by atoms with Crippen LogP contribution in [0.15, 0.2) is 196 Å². The van der Waals surface area contributed by atoms with E-state index in [1.165, 1.54) is 30.9 Å². The molecule has 11 aromatic rings. The Labute approximate surface area is 331 Å². The Kier molecular flexibility index (Phi) is 7.09. The van der Waals surface area contributed by atoms with E-state index >= 15 is 0 Å². The van der Waals surface area contributed by atoms with Crippen molar-refractivity contribution in [1.82, 2.24) is 9.88 Å². The third kappa shape index (κ3) is 5.01. The average Bonchev–Trinajstić information content (AvgIpc) is 3.95. The van der Waals surface area contributed by atoms with E-state index in [0.717, 1.165) is 72.3 Å². The van der Waals surface area contributed by atoms with Crippen molar-refractivity contribution in [3.05, 3.63) is 199 Å². The molecule has 3 aromatic heterocycles. The molecule has 0 radical (unpaired) electrons. The molecule has 0 bridgehead atoms. The van der Waals surface area contributed by atoms with E-state index in [9.17, 15) is 0 Å². The average molecular weight is 749 g/mol. The highest BCUT2D eigenvalue weighted by atomic mass is 32.1. The molecular weight excluding hydrogens is 717 g/mol. The second kappa shape index (κ2) is 12.6. The summed E-state index contributed by atoms with van der Waals surface area (Å²) >= 11 is 1.85. The lowest BCUT2D eigenvalue weighted by Gasteiger charge is -2.25. The summed E-state index contributed by atoms with van der Waals surface area (Å²) in [6, 6.07) is 64.2. The topological polar surface area (TPSA) is 54.8 Å². The van der Waals surface area contributed by atoms with Crippen LogP contribution in [0, 0.1) is 0 Å². The van der Waals surface area contributed by atoms with Crippen LogP contribution in [0.2, 0.25) is 0 Å². The summed E-state index contributed by atoms with van der Waals surface area (Å²) in [6.07, 6.45) is -0.429. The molecule has 12 rings (SSSR count). The number of hydrogen-bond donors (Lipinski definition) is 1. The fourth-order valence-electron chi connectivity index (χ4n) is 8.68. The van der Waals surface area contributed by atoms with Gasteiger partial charge in [-0.15, -0.1) is 11.3 Å². The van der Waals surface area contributed by atoms with Gasteiger partial charge in [0, 0.05) is 64.0 Å². The van der Waals surface area contributed by atoms with Gasteiger partial charge in [-0.25, -0.2) is 9.98 Å². The van der Waals surface area contributed by atoms with Gasteiger partial charge in [-0.1, -0.05) is 152 Å². The minimum absolute atomic E-state index is 0.429. The molecule has 57 heavy (non-hydrogen) atoms. The second-order valence-corrected chi connectivity index (χ2v) is 15.6. The summed E-state index contributed by atoms with van der Waals surface area (Å²) < 4.78 is 12.2. The normalized spacial score (nSPS) is 14.5. The zero-order valence-electron chi connectivity index (χ0n) is 30.6. The molecule has 1 aliphatic heterocycles. The number of aliphatic imine (C=N–C) groups is 2. The molecule has 6 heteroatoms. The van der Waals surface area contributed by atoms with Gasteiger partial charge in [0.1, 0.15) is 17.6 Å². The predicted octanol–water partition coefficient (Wildman–Crippen LogP) is 13.2. The zero-order valence-corrected chi connectivity index (χ0v) is 31.4. The van der Waals surface area contributed by atoms with Crippen LogP contribution in [-0.2, 0) is 0 Å². The van der Waals surface area contributed by atoms with Crippen LogP contribution in [0.1, 0.15) is 22.9 Å². The molecule has 0 saturated carbocycles. The third-order valence-corrected chi connectivity index (χ3v) is 12.4. The summed E-state index contributed by atoms with van der Waals surface area (Å²) in [5, 5.41) is 10.9. The Morgan fingerprint density at radius 2 is 1.16 bits per heavy atom. The van der Waals surface area contributed by atoms with Gasteiger partial charge in [-0.2, -0.15) is 0 Å². The van der Waals surface area contributed by atoms with Crippen molar-refractivity contribution in [2.75, 3.05) is 0 Å². The molecule has 5 nitrogen and oxygen atoms in total. The molecule has 4 heterocycles. The van der Waals surface area contributed by atoms with Crippen LogP contribution >= 0.6 is 11.3 Å². The monoisotopic (exact) mass is 748 g/mol. The van der Waals surface area contributed by atoms with Crippen LogP contribution in [-0.4, -0.2) is 16.2 Å². The van der Waals surface area contributed by atoms with E-state index in [-0.39, 0.29) is 0 Å². The highest BCUT2D eigenvalue weighted by Crippen LogP contribution is 2.45. The second-order valence-electron chi connectivity index (χ2n) is 14.5. The van der Waals surface area contributed by atoms with E-state index in [0.29, 0.717) is 5.84 Å².